The third kappa shape index (κ3) is 8.44. The van der Waals surface area contributed by atoms with Crippen LogP contribution in [0.5, 0.6) is 0 Å². The summed E-state index contributed by atoms with van der Waals surface area (Å²) in [6.45, 7) is -0.494. The molecule has 2 fully saturated rings. The molecule has 0 saturated carbocycles. The first-order chi connectivity index (χ1) is 21.0. The highest BCUT2D eigenvalue weighted by Crippen LogP contribution is 2.37. The van der Waals surface area contributed by atoms with Crippen LogP contribution in [0.3, 0.4) is 0 Å². The summed E-state index contributed by atoms with van der Waals surface area (Å²) in [5, 5.41) is 0. The van der Waals surface area contributed by atoms with Crippen LogP contribution in [-0.4, -0.2) is 83.4 Å². The zero-order chi connectivity index (χ0) is 33.1. The van der Waals surface area contributed by atoms with Crippen LogP contribution in [0, 0.1) is 5.82 Å². The van der Waals surface area contributed by atoms with Gasteiger partial charge in [-0.2, -0.15) is 26.3 Å². The van der Waals surface area contributed by atoms with Gasteiger partial charge in [-0.1, -0.05) is 12.1 Å². The highest BCUT2D eigenvalue weighted by Gasteiger charge is 2.49. The van der Waals surface area contributed by atoms with E-state index >= 15 is 0 Å². The van der Waals surface area contributed by atoms with E-state index in [9.17, 15) is 45.1 Å². The number of alkyl halides is 6. The lowest BCUT2D eigenvalue weighted by Crippen LogP contribution is -2.71. The number of benzene rings is 2. The van der Waals surface area contributed by atoms with E-state index in [1.165, 1.54) is 28.0 Å². The van der Waals surface area contributed by atoms with Crippen molar-refractivity contribution in [1.29, 1.82) is 0 Å². The molecule has 2 aromatic rings. The molecule has 0 spiro atoms. The van der Waals surface area contributed by atoms with E-state index in [1.54, 1.807) is 6.07 Å². The number of ether oxygens (including phenoxy) is 1. The van der Waals surface area contributed by atoms with Crippen LogP contribution in [-0.2, 0) is 39.8 Å². The Balaban J connectivity index is 1.58. The first kappa shape index (κ1) is 34.0. The van der Waals surface area contributed by atoms with Gasteiger partial charge in [0.05, 0.1) is 17.7 Å². The molecule has 0 bridgehead atoms. The molecule has 2 atom stereocenters. The number of halogens is 7. The lowest BCUT2D eigenvalue weighted by atomic mass is 9.98. The summed E-state index contributed by atoms with van der Waals surface area (Å²) in [6.07, 6.45) is -10.8. The summed E-state index contributed by atoms with van der Waals surface area (Å²) in [4.78, 5) is 46.0. The number of rotatable bonds is 9. The Hall–Kier alpha value is -3.88. The number of hydrogen-bond donors (Lipinski definition) is 0. The lowest BCUT2D eigenvalue weighted by Gasteiger charge is -2.52. The number of piperazine rings is 1. The van der Waals surface area contributed by atoms with E-state index in [0.717, 1.165) is 17.9 Å². The van der Waals surface area contributed by atoms with Gasteiger partial charge in [-0.25, -0.2) is 9.18 Å². The first-order valence-electron chi connectivity index (χ1n) is 14.3. The Bertz CT molecular complexity index is 1370. The van der Waals surface area contributed by atoms with E-state index in [1.807, 2.05) is 19.0 Å². The molecular weight excluding hydrogens is 613 g/mol. The molecule has 2 aliphatic rings. The molecule has 1 unspecified atom stereocenters. The van der Waals surface area contributed by atoms with Crippen LogP contribution in [0.2, 0.25) is 0 Å². The van der Waals surface area contributed by atoms with Crippen molar-refractivity contribution in [2.24, 2.45) is 0 Å². The van der Waals surface area contributed by atoms with Crippen molar-refractivity contribution < 1.29 is 49.9 Å². The molecule has 0 N–H and O–H groups in total. The van der Waals surface area contributed by atoms with Gasteiger partial charge in [0.15, 0.2) is 0 Å². The van der Waals surface area contributed by atoms with Crippen molar-refractivity contribution in [3.05, 3.63) is 70.5 Å². The van der Waals surface area contributed by atoms with Crippen LogP contribution < -0.4 is 0 Å². The molecule has 2 aliphatic heterocycles. The first-order valence-corrected chi connectivity index (χ1v) is 14.3. The second-order valence-corrected chi connectivity index (χ2v) is 11.4. The maximum atomic E-state index is 13.9. The fourth-order valence-corrected chi connectivity index (χ4v) is 5.57. The Morgan fingerprint density at radius 2 is 1.62 bits per heavy atom. The van der Waals surface area contributed by atoms with Crippen LogP contribution >= 0.6 is 0 Å². The molecule has 15 heteroatoms. The maximum Gasteiger partial charge on any atom is 0.416 e. The van der Waals surface area contributed by atoms with Crippen molar-refractivity contribution in [3.63, 3.8) is 0 Å². The zero-order valence-electron chi connectivity index (χ0n) is 24.6. The third-order valence-corrected chi connectivity index (χ3v) is 7.69. The van der Waals surface area contributed by atoms with E-state index in [-0.39, 0.29) is 50.4 Å². The number of hydrogen-bond acceptors (Lipinski definition) is 5. The van der Waals surface area contributed by atoms with Gasteiger partial charge in [-0.3, -0.25) is 14.5 Å². The Labute approximate surface area is 255 Å². The predicted molar refractivity (Wildman–Crippen MR) is 147 cm³/mol. The normalized spacial score (nSPS) is 19.3. The zero-order valence-corrected chi connectivity index (χ0v) is 24.6. The summed E-state index contributed by atoms with van der Waals surface area (Å²) in [7, 11) is 3.78. The van der Waals surface area contributed by atoms with Gasteiger partial charge in [0.1, 0.15) is 24.6 Å². The minimum Gasteiger partial charge on any atom is -0.444 e. The number of fused-ring (bicyclic) bond motifs is 1. The minimum atomic E-state index is -5.07. The molecule has 2 aromatic carbocycles. The van der Waals surface area contributed by atoms with E-state index < -0.39 is 59.8 Å². The summed E-state index contributed by atoms with van der Waals surface area (Å²) in [5.74, 6) is -1.28. The van der Waals surface area contributed by atoms with E-state index in [4.69, 9.17) is 4.74 Å². The van der Waals surface area contributed by atoms with Crippen LogP contribution in [0.25, 0.3) is 0 Å². The summed E-state index contributed by atoms with van der Waals surface area (Å²) < 4.78 is 98.9. The monoisotopic (exact) mass is 646 g/mol. The van der Waals surface area contributed by atoms with Crippen LogP contribution in [0.4, 0.5) is 35.5 Å². The highest BCUT2D eigenvalue weighted by molar-refractivity contribution is 5.90. The van der Waals surface area contributed by atoms with Crippen molar-refractivity contribution >= 4 is 17.9 Å². The lowest BCUT2D eigenvalue weighted by molar-refractivity contribution is -0.169. The fourth-order valence-electron chi connectivity index (χ4n) is 5.57. The Morgan fingerprint density at radius 3 is 2.22 bits per heavy atom. The second kappa shape index (κ2) is 13.6. The standard InChI is InChI=1S/C30H33F7N4O4/c1-38(2)10-4-3-8-24-27(43)39(16-19-6-5-7-23(31)14-19)17-25-40(11-9-26(42)41(24)25)28(44)45-18-20-12-21(29(32,33)34)15-22(13-20)30(35,36)37/h5-7,12-15,24-25H,3-4,8-11,16-18H2,1-2H3/t24-,25?/m0/s1. The predicted octanol–water partition coefficient (Wildman–Crippen LogP) is 5.50. The average Bonchev–Trinajstić information content (AvgIpc) is 2.94. The van der Waals surface area contributed by atoms with Gasteiger partial charge >= 0.3 is 18.4 Å². The second-order valence-electron chi connectivity index (χ2n) is 11.4. The van der Waals surface area contributed by atoms with E-state index in [2.05, 4.69) is 0 Å². The quantitative estimate of drug-likeness (QED) is 0.266. The number of unbranched alkanes of at least 4 members (excludes halogenated alkanes) is 1. The van der Waals surface area contributed by atoms with Crippen molar-refractivity contribution in [2.45, 2.75) is 63.4 Å². The van der Waals surface area contributed by atoms with Crippen molar-refractivity contribution in [3.8, 4) is 0 Å². The molecule has 3 amide bonds. The minimum absolute atomic E-state index is 0.0172. The fraction of sp³-hybridized carbons (Fsp3) is 0.500. The van der Waals surface area contributed by atoms with E-state index in [0.29, 0.717) is 24.1 Å². The molecule has 45 heavy (non-hydrogen) atoms. The van der Waals surface area contributed by atoms with Crippen LogP contribution in [0.1, 0.15) is 47.9 Å². The smallest absolute Gasteiger partial charge is 0.416 e. The average molecular weight is 647 g/mol. The molecule has 2 heterocycles. The van der Waals surface area contributed by atoms with Crippen molar-refractivity contribution in [1.82, 2.24) is 19.6 Å². The molecular formula is C30H33F7N4O4. The van der Waals surface area contributed by atoms with Crippen LogP contribution in [0.15, 0.2) is 42.5 Å². The summed E-state index contributed by atoms with van der Waals surface area (Å²) in [5.41, 5.74) is -3.15. The van der Waals surface area contributed by atoms with Gasteiger partial charge in [-0.05, 0) is 81.4 Å². The largest absolute Gasteiger partial charge is 0.444 e. The SMILES string of the molecule is CN(C)CCCC[C@H]1C(=O)N(Cc2cccc(F)c2)CC2N(C(=O)OCc3cc(C(F)(F)F)cc(C(F)(F)F)c3)CCC(=O)N21. The van der Waals surface area contributed by atoms with Gasteiger partial charge < -0.3 is 19.4 Å². The number of nitrogens with zero attached hydrogens (tertiary/aromatic N) is 4. The van der Waals surface area contributed by atoms with Gasteiger partial charge in [0.2, 0.25) is 11.8 Å². The molecule has 2 saturated heterocycles. The van der Waals surface area contributed by atoms with Gasteiger partial charge in [0, 0.05) is 19.5 Å². The van der Waals surface area contributed by atoms with Gasteiger partial charge in [-0.15, -0.1) is 0 Å². The number of carbonyl (C=O) groups is 3. The molecule has 0 aromatic heterocycles. The maximum absolute atomic E-state index is 13.9. The summed E-state index contributed by atoms with van der Waals surface area (Å²) in [6, 6.07) is 5.58. The Morgan fingerprint density at radius 1 is 0.956 bits per heavy atom. The molecule has 0 aliphatic carbocycles. The van der Waals surface area contributed by atoms with Crippen molar-refractivity contribution in [2.75, 3.05) is 33.7 Å². The molecule has 4 rings (SSSR count). The topological polar surface area (TPSA) is 73.4 Å². The molecule has 0 radical (unpaired) electrons. The third-order valence-electron chi connectivity index (χ3n) is 7.69. The molecule has 246 valence electrons. The number of carbonyl (C=O) groups excluding carboxylic acids is 3. The van der Waals surface area contributed by atoms with Gasteiger partial charge in [0.25, 0.3) is 0 Å². The Kier molecular flexibility index (Phi) is 10.3. The number of amides is 3. The highest BCUT2D eigenvalue weighted by atomic mass is 19.4. The molecule has 8 nitrogen and oxygen atoms in total. The summed E-state index contributed by atoms with van der Waals surface area (Å²) >= 11 is 0.